The van der Waals surface area contributed by atoms with Gasteiger partial charge in [-0.15, -0.1) is 4.68 Å². The van der Waals surface area contributed by atoms with Crippen LogP contribution in [0.5, 0.6) is 0 Å². The van der Waals surface area contributed by atoms with Gasteiger partial charge in [-0.05, 0) is 31.9 Å². The number of rotatable bonds is 1. The van der Waals surface area contributed by atoms with E-state index in [9.17, 15) is 8.42 Å². The molecule has 1 aromatic heterocycles. The molecule has 0 aliphatic rings. The largest absolute Gasteiger partial charge is 0.295 e. The van der Waals surface area contributed by atoms with Crippen LogP contribution in [0.25, 0.3) is 0 Å². The van der Waals surface area contributed by atoms with E-state index in [0.29, 0.717) is 11.1 Å². The number of nitrogen functional groups attached to an aromatic ring is 1. The molecule has 2 aromatic rings. The molecule has 2 rings (SSSR count). The number of hydrogen-bond acceptors (Lipinski definition) is 3. The average molecular weight is 298 g/mol. The summed E-state index contributed by atoms with van der Waals surface area (Å²) in [5.41, 5.74) is 2.16. The fourth-order valence-electron chi connectivity index (χ4n) is 2.04. The molecular formula is C13H20N3O3S+. The molecule has 0 fully saturated rings. The maximum Gasteiger partial charge on any atom is 0.295 e. The standard InChI is InChI=1S/C9H12O3S.C4H8N3/c1-6-4-7(2)9(8(3)5-6)13(10,11)12;1-6-2-3-7(5)4-6/h4-5H,1-3H3,(H,10,11,12);2-4H,5H2,1H3/q;+1. The monoisotopic (exact) mass is 298 g/mol. The second-order valence-electron chi connectivity index (χ2n) is 4.73. The predicted octanol–water partition coefficient (Wildman–Crippen LogP) is 0.885. The first-order valence-corrected chi connectivity index (χ1v) is 7.39. The molecular weight excluding hydrogens is 278 g/mol. The van der Waals surface area contributed by atoms with E-state index in [1.165, 1.54) is 4.68 Å². The molecule has 0 radical (unpaired) electrons. The fourth-order valence-corrected chi connectivity index (χ4v) is 2.97. The van der Waals surface area contributed by atoms with Crippen molar-refractivity contribution in [2.75, 3.05) is 5.84 Å². The number of imidazole rings is 1. The van der Waals surface area contributed by atoms with Crippen LogP contribution < -0.4 is 10.4 Å². The van der Waals surface area contributed by atoms with Crippen molar-refractivity contribution in [2.24, 2.45) is 7.05 Å². The Morgan fingerprint density at radius 1 is 1.20 bits per heavy atom. The van der Waals surface area contributed by atoms with Crippen LogP contribution in [0.3, 0.4) is 0 Å². The molecule has 0 bridgehead atoms. The second kappa shape index (κ2) is 6.06. The molecule has 7 heteroatoms. The van der Waals surface area contributed by atoms with E-state index in [1.807, 2.05) is 24.7 Å². The first-order valence-electron chi connectivity index (χ1n) is 5.95. The van der Waals surface area contributed by atoms with Gasteiger partial charge in [0.1, 0.15) is 6.20 Å². The zero-order chi connectivity index (χ0) is 15.5. The number of nitrogens with two attached hydrogens (primary N) is 1. The summed E-state index contributed by atoms with van der Waals surface area (Å²) in [6.07, 6.45) is 5.43. The highest BCUT2D eigenvalue weighted by molar-refractivity contribution is 7.86. The Morgan fingerprint density at radius 3 is 1.95 bits per heavy atom. The minimum Gasteiger partial charge on any atom is -0.282 e. The molecule has 0 atom stereocenters. The van der Waals surface area contributed by atoms with Crippen LogP contribution in [0.4, 0.5) is 0 Å². The van der Waals surface area contributed by atoms with Gasteiger partial charge in [0, 0.05) is 0 Å². The lowest BCUT2D eigenvalue weighted by Crippen LogP contribution is -2.24. The molecule has 1 heterocycles. The van der Waals surface area contributed by atoms with Crippen molar-refractivity contribution in [1.29, 1.82) is 0 Å². The quantitative estimate of drug-likeness (QED) is 0.465. The molecule has 1 aromatic carbocycles. The third-order valence-electron chi connectivity index (χ3n) is 2.65. The lowest BCUT2D eigenvalue weighted by molar-refractivity contribution is -0.670. The van der Waals surface area contributed by atoms with Gasteiger partial charge in [-0.1, -0.05) is 17.7 Å². The Hall–Kier alpha value is -1.86. The van der Waals surface area contributed by atoms with E-state index >= 15 is 0 Å². The summed E-state index contributed by atoms with van der Waals surface area (Å²) in [6, 6.07) is 3.46. The van der Waals surface area contributed by atoms with Gasteiger partial charge in [0.25, 0.3) is 16.4 Å². The number of nitrogens with zero attached hydrogens (tertiary/aromatic N) is 2. The smallest absolute Gasteiger partial charge is 0.282 e. The first kappa shape index (κ1) is 16.2. The average Bonchev–Trinajstić information content (AvgIpc) is 2.59. The van der Waals surface area contributed by atoms with Crippen molar-refractivity contribution in [3.8, 4) is 0 Å². The molecule has 0 saturated carbocycles. The Bertz CT molecular complexity index is 666. The molecule has 0 aliphatic heterocycles. The summed E-state index contributed by atoms with van der Waals surface area (Å²) in [5, 5.41) is 0. The maximum absolute atomic E-state index is 10.9. The Balaban J connectivity index is 0.000000240. The lowest BCUT2D eigenvalue weighted by atomic mass is 10.1. The topological polar surface area (TPSA) is 89.2 Å². The number of aromatic nitrogens is 2. The summed E-state index contributed by atoms with van der Waals surface area (Å²) in [6.45, 7) is 5.22. The second-order valence-corrected chi connectivity index (χ2v) is 6.09. The van der Waals surface area contributed by atoms with Gasteiger partial charge in [-0.2, -0.15) is 8.42 Å². The Kier molecular flexibility index (Phi) is 4.91. The third kappa shape index (κ3) is 4.36. The third-order valence-corrected chi connectivity index (χ3v) is 3.81. The SMILES string of the molecule is C[n+]1ccn(N)c1.Cc1cc(C)c(S(=O)(=O)O)c(C)c1. The highest BCUT2D eigenvalue weighted by atomic mass is 32.2. The van der Waals surface area contributed by atoms with Crippen LogP contribution in [0, 0.1) is 20.8 Å². The minimum atomic E-state index is -4.08. The van der Waals surface area contributed by atoms with E-state index in [1.54, 1.807) is 38.5 Å². The minimum absolute atomic E-state index is 0.0260. The van der Waals surface area contributed by atoms with Gasteiger partial charge in [-0.3, -0.25) is 10.4 Å². The highest BCUT2D eigenvalue weighted by Gasteiger charge is 2.15. The van der Waals surface area contributed by atoms with E-state index in [2.05, 4.69) is 0 Å². The van der Waals surface area contributed by atoms with E-state index < -0.39 is 10.1 Å². The summed E-state index contributed by atoms with van der Waals surface area (Å²) in [7, 11) is -2.16. The molecule has 0 unspecified atom stereocenters. The van der Waals surface area contributed by atoms with Crippen LogP contribution in [-0.2, 0) is 17.2 Å². The van der Waals surface area contributed by atoms with Crippen LogP contribution in [0.2, 0.25) is 0 Å². The van der Waals surface area contributed by atoms with E-state index in [4.69, 9.17) is 10.4 Å². The summed E-state index contributed by atoms with van der Waals surface area (Å²) in [4.78, 5) is 0.0260. The van der Waals surface area contributed by atoms with Crippen molar-refractivity contribution < 1.29 is 17.5 Å². The molecule has 110 valence electrons. The van der Waals surface area contributed by atoms with E-state index in [0.717, 1.165) is 5.56 Å². The van der Waals surface area contributed by atoms with Gasteiger partial charge in [0.2, 0.25) is 0 Å². The Labute approximate surface area is 119 Å². The number of aryl methyl sites for hydroxylation is 4. The maximum atomic E-state index is 10.9. The molecule has 20 heavy (non-hydrogen) atoms. The Morgan fingerprint density at radius 2 is 1.70 bits per heavy atom. The lowest BCUT2D eigenvalue weighted by Gasteiger charge is -2.07. The van der Waals surface area contributed by atoms with Gasteiger partial charge in [0.05, 0.1) is 11.9 Å². The van der Waals surface area contributed by atoms with Gasteiger partial charge < -0.3 is 0 Å². The molecule has 0 aliphatic carbocycles. The molecule has 3 N–H and O–H groups in total. The summed E-state index contributed by atoms with van der Waals surface area (Å²) < 4.78 is 34.2. The van der Waals surface area contributed by atoms with Gasteiger partial charge in [-0.25, -0.2) is 4.57 Å². The van der Waals surface area contributed by atoms with Crippen LogP contribution in [0.15, 0.2) is 35.7 Å². The molecule has 0 spiro atoms. The molecule has 0 saturated heterocycles. The summed E-state index contributed by atoms with van der Waals surface area (Å²) in [5.74, 6) is 5.27. The highest BCUT2D eigenvalue weighted by Crippen LogP contribution is 2.20. The van der Waals surface area contributed by atoms with Crippen molar-refractivity contribution in [3.63, 3.8) is 0 Å². The normalized spacial score (nSPS) is 10.8. The van der Waals surface area contributed by atoms with Gasteiger partial charge >= 0.3 is 0 Å². The van der Waals surface area contributed by atoms with Crippen molar-refractivity contribution >= 4 is 10.1 Å². The van der Waals surface area contributed by atoms with E-state index in [-0.39, 0.29) is 4.90 Å². The van der Waals surface area contributed by atoms with Gasteiger partial charge in [0.15, 0.2) is 6.20 Å². The summed E-state index contributed by atoms with van der Waals surface area (Å²) >= 11 is 0. The zero-order valence-corrected chi connectivity index (χ0v) is 12.8. The first-order chi connectivity index (χ1) is 9.11. The zero-order valence-electron chi connectivity index (χ0n) is 12.0. The van der Waals surface area contributed by atoms with Crippen LogP contribution >= 0.6 is 0 Å². The van der Waals surface area contributed by atoms with Crippen molar-refractivity contribution in [3.05, 3.63) is 47.5 Å². The molecule has 6 nitrogen and oxygen atoms in total. The van der Waals surface area contributed by atoms with Crippen LogP contribution in [0.1, 0.15) is 16.7 Å². The fraction of sp³-hybridized carbons (Fsp3) is 0.308. The number of hydrogen-bond donors (Lipinski definition) is 2. The number of benzene rings is 1. The molecule has 0 amide bonds. The van der Waals surface area contributed by atoms with Crippen molar-refractivity contribution in [2.45, 2.75) is 25.7 Å². The van der Waals surface area contributed by atoms with Crippen molar-refractivity contribution in [1.82, 2.24) is 4.68 Å². The van der Waals surface area contributed by atoms with Crippen LogP contribution in [-0.4, -0.2) is 17.6 Å². The predicted molar refractivity (Wildman–Crippen MR) is 76.2 cm³/mol.